The zero-order valence-electron chi connectivity index (χ0n) is 17.5. The number of benzene rings is 1. The number of hydrogen-bond donors (Lipinski definition) is 3. The highest BCUT2D eigenvalue weighted by Gasteiger charge is 2.29. The Morgan fingerprint density at radius 1 is 1.13 bits per heavy atom. The summed E-state index contributed by atoms with van der Waals surface area (Å²) in [6, 6.07) is 8.31. The van der Waals surface area contributed by atoms with E-state index >= 15 is 0 Å². The Balaban J connectivity index is 2.14. The molecular formula is C22H32N2O6. The van der Waals surface area contributed by atoms with Crippen molar-refractivity contribution in [2.75, 3.05) is 13.2 Å². The number of esters is 1. The first-order valence-corrected chi connectivity index (χ1v) is 10.2. The summed E-state index contributed by atoms with van der Waals surface area (Å²) in [5, 5.41) is 15.2. The maximum atomic E-state index is 11.8. The van der Waals surface area contributed by atoms with E-state index in [0.29, 0.717) is 24.9 Å². The van der Waals surface area contributed by atoms with Crippen LogP contribution in [-0.2, 0) is 25.7 Å². The fourth-order valence-corrected chi connectivity index (χ4v) is 2.77. The highest BCUT2D eigenvalue weighted by Crippen LogP contribution is 2.15. The average Bonchev–Trinajstić information content (AvgIpc) is 2.75. The van der Waals surface area contributed by atoms with E-state index in [2.05, 4.69) is 17.2 Å². The highest BCUT2D eigenvalue weighted by molar-refractivity contribution is 5.79. The molecule has 30 heavy (non-hydrogen) atoms. The summed E-state index contributed by atoms with van der Waals surface area (Å²) >= 11 is 0. The summed E-state index contributed by atoms with van der Waals surface area (Å²) < 4.78 is 9.99. The van der Waals surface area contributed by atoms with Crippen LogP contribution < -0.4 is 10.6 Å². The van der Waals surface area contributed by atoms with Crippen LogP contribution in [0.1, 0.15) is 44.6 Å². The van der Waals surface area contributed by atoms with Crippen molar-refractivity contribution in [1.82, 2.24) is 10.6 Å². The molecule has 2 unspecified atom stereocenters. The molecule has 166 valence electrons. The van der Waals surface area contributed by atoms with Gasteiger partial charge in [0, 0.05) is 6.54 Å². The number of nitrogens with one attached hydrogen (secondary N) is 2. The van der Waals surface area contributed by atoms with Crippen molar-refractivity contribution in [3.63, 3.8) is 0 Å². The molecule has 0 aliphatic carbocycles. The molecule has 0 fully saturated rings. The zero-order chi connectivity index (χ0) is 22.2. The number of carbonyl (C=O) groups is 3. The number of alkyl carbamates (subject to hydrolysis) is 1. The molecule has 0 saturated carbocycles. The van der Waals surface area contributed by atoms with Crippen molar-refractivity contribution in [3.05, 3.63) is 48.0 Å². The Bertz CT molecular complexity index is 665. The standard InChI is InChI=1S/C22H32N2O6/c1-3-29-21(27)19(24-16-25)20(26)17(2)11-7-4-5-10-14-23-22(28)30-15-18-12-8-6-9-13-18/h6,8-9,12-13,16,19-20,26H,2-5,7,10-11,14-15H2,1H3,(H,23,28)(H,24,25). The van der Waals surface area contributed by atoms with Crippen molar-refractivity contribution < 1.29 is 29.0 Å². The van der Waals surface area contributed by atoms with E-state index in [1.165, 1.54) is 0 Å². The lowest BCUT2D eigenvalue weighted by atomic mass is 9.98. The minimum atomic E-state index is -1.20. The number of hydrogen-bond acceptors (Lipinski definition) is 6. The van der Waals surface area contributed by atoms with Crippen LogP contribution in [0.15, 0.2) is 42.5 Å². The number of aliphatic hydroxyl groups is 1. The third kappa shape index (κ3) is 10.1. The van der Waals surface area contributed by atoms with Gasteiger partial charge in [-0.15, -0.1) is 0 Å². The summed E-state index contributed by atoms with van der Waals surface area (Å²) in [6.07, 6.45) is 2.56. The Morgan fingerprint density at radius 2 is 1.83 bits per heavy atom. The molecule has 8 heteroatoms. The van der Waals surface area contributed by atoms with Crippen LogP contribution in [0.2, 0.25) is 0 Å². The van der Waals surface area contributed by atoms with E-state index in [9.17, 15) is 19.5 Å². The topological polar surface area (TPSA) is 114 Å². The third-order valence-corrected chi connectivity index (χ3v) is 4.43. The van der Waals surface area contributed by atoms with Crippen molar-refractivity contribution in [2.45, 2.75) is 57.8 Å². The lowest BCUT2D eigenvalue weighted by molar-refractivity contribution is -0.149. The molecule has 0 spiro atoms. The zero-order valence-corrected chi connectivity index (χ0v) is 17.5. The van der Waals surface area contributed by atoms with Crippen LogP contribution in [0.3, 0.4) is 0 Å². The molecule has 0 bridgehead atoms. The molecule has 3 N–H and O–H groups in total. The summed E-state index contributed by atoms with van der Waals surface area (Å²) in [7, 11) is 0. The first-order valence-electron chi connectivity index (χ1n) is 10.2. The summed E-state index contributed by atoms with van der Waals surface area (Å²) in [4.78, 5) is 34.1. The molecule has 0 saturated heterocycles. The van der Waals surface area contributed by atoms with Crippen LogP contribution in [-0.4, -0.2) is 48.9 Å². The molecule has 1 aromatic carbocycles. The monoisotopic (exact) mass is 420 g/mol. The predicted molar refractivity (Wildman–Crippen MR) is 112 cm³/mol. The maximum absolute atomic E-state index is 11.8. The van der Waals surface area contributed by atoms with Gasteiger partial charge in [0.25, 0.3) is 0 Å². The van der Waals surface area contributed by atoms with E-state index < -0.39 is 24.2 Å². The maximum Gasteiger partial charge on any atom is 0.407 e. The van der Waals surface area contributed by atoms with Gasteiger partial charge in [-0.3, -0.25) is 4.79 Å². The highest BCUT2D eigenvalue weighted by atomic mass is 16.5. The van der Waals surface area contributed by atoms with Gasteiger partial charge in [-0.25, -0.2) is 9.59 Å². The van der Waals surface area contributed by atoms with Gasteiger partial charge in [-0.1, -0.05) is 49.8 Å². The molecule has 0 aliphatic rings. The SMILES string of the molecule is C=C(CCCCCCNC(=O)OCc1ccccc1)C(O)C(NC=O)C(=O)OCC. The molecule has 2 atom stereocenters. The largest absolute Gasteiger partial charge is 0.464 e. The minimum Gasteiger partial charge on any atom is -0.464 e. The van der Waals surface area contributed by atoms with E-state index in [1.54, 1.807) is 6.92 Å². The Morgan fingerprint density at radius 3 is 2.50 bits per heavy atom. The van der Waals surface area contributed by atoms with Gasteiger partial charge in [0.2, 0.25) is 6.41 Å². The Kier molecular flexibility index (Phi) is 12.6. The number of aliphatic hydroxyl groups excluding tert-OH is 1. The fourth-order valence-electron chi connectivity index (χ4n) is 2.77. The van der Waals surface area contributed by atoms with Gasteiger partial charge in [-0.2, -0.15) is 0 Å². The summed E-state index contributed by atoms with van der Waals surface area (Å²) in [5.74, 6) is -0.691. The minimum absolute atomic E-state index is 0.156. The summed E-state index contributed by atoms with van der Waals surface area (Å²) in [5.41, 5.74) is 1.40. The van der Waals surface area contributed by atoms with Crippen LogP contribution in [0.5, 0.6) is 0 Å². The molecule has 0 aromatic heterocycles. The van der Waals surface area contributed by atoms with Crippen molar-refractivity contribution in [3.8, 4) is 0 Å². The van der Waals surface area contributed by atoms with Crippen LogP contribution >= 0.6 is 0 Å². The van der Waals surface area contributed by atoms with Crippen LogP contribution in [0, 0.1) is 0 Å². The van der Waals surface area contributed by atoms with Gasteiger partial charge < -0.3 is 25.2 Å². The molecular weight excluding hydrogens is 388 g/mol. The van der Waals surface area contributed by atoms with Gasteiger partial charge >= 0.3 is 12.1 Å². The number of amides is 2. The number of rotatable bonds is 15. The van der Waals surface area contributed by atoms with Crippen LogP contribution in [0.4, 0.5) is 4.79 Å². The van der Waals surface area contributed by atoms with Crippen molar-refractivity contribution in [1.29, 1.82) is 0 Å². The number of unbranched alkanes of at least 4 members (excludes halogenated alkanes) is 3. The third-order valence-electron chi connectivity index (χ3n) is 4.43. The second-order valence-electron chi connectivity index (χ2n) is 6.77. The normalized spacial score (nSPS) is 12.3. The average molecular weight is 421 g/mol. The Hall–Kier alpha value is -2.87. The number of ether oxygens (including phenoxy) is 2. The Labute approximate surface area is 177 Å². The second kappa shape index (κ2) is 15.0. The lowest BCUT2D eigenvalue weighted by Gasteiger charge is -2.22. The quantitative estimate of drug-likeness (QED) is 0.174. The first kappa shape index (κ1) is 25.2. The van der Waals surface area contributed by atoms with E-state index in [4.69, 9.17) is 9.47 Å². The first-order chi connectivity index (χ1) is 14.5. The molecule has 0 radical (unpaired) electrons. The van der Waals surface area contributed by atoms with Crippen molar-refractivity contribution >= 4 is 18.5 Å². The van der Waals surface area contributed by atoms with Crippen molar-refractivity contribution in [2.24, 2.45) is 0 Å². The molecule has 1 rings (SSSR count). The second-order valence-corrected chi connectivity index (χ2v) is 6.77. The fraction of sp³-hybridized carbons (Fsp3) is 0.500. The number of carbonyl (C=O) groups excluding carboxylic acids is 3. The van der Waals surface area contributed by atoms with Gasteiger partial charge in [0.1, 0.15) is 12.7 Å². The molecule has 2 amide bonds. The van der Waals surface area contributed by atoms with E-state index in [-0.39, 0.29) is 13.2 Å². The molecule has 0 heterocycles. The molecule has 1 aromatic rings. The van der Waals surface area contributed by atoms with E-state index in [1.807, 2.05) is 30.3 Å². The van der Waals surface area contributed by atoms with E-state index in [0.717, 1.165) is 31.2 Å². The molecule has 8 nitrogen and oxygen atoms in total. The smallest absolute Gasteiger partial charge is 0.407 e. The van der Waals surface area contributed by atoms with Crippen LogP contribution in [0.25, 0.3) is 0 Å². The predicted octanol–water partition coefficient (Wildman–Crippen LogP) is 2.46. The van der Waals surface area contributed by atoms with Gasteiger partial charge in [0.15, 0.2) is 6.04 Å². The lowest BCUT2D eigenvalue weighted by Crippen LogP contribution is -2.47. The summed E-state index contributed by atoms with van der Waals surface area (Å²) in [6.45, 7) is 6.38. The van der Waals surface area contributed by atoms with Gasteiger partial charge in [0.05, 0.1) is 6.61 Å². The molecule has 0 aliphatic heterocycles. The van der Waals surface area contributed by atoms with Gasteiger partial charge in [-0.05, 0) is 37.3 Å².